The van der Waals surface area contributed by atoms with Gasteiger partial charge >= 0.3 is 0 Å². The third-order valence-corrected chi connectivity index (χ3v) is 6.05. The molecule has 138 valence electrons. The van der Waals surface area contributed by atoms with E-state index >= 15 is 0 Å². The first-order valence-corrected chi connectivity index (χ1v) is 10.2. The molecule has 5 aromatic heterocycles. The molecule has 6 heteroatoms. The number of rotatable bonds is 3. The van der Waals surface area contributed by atoms with Crippen molar-refractivity contribution in [2.24, 2.45) is 0 Å². The van der Waals surface area contributed by atoms with Crippen molar-refractivity contribution in [3.8, 4) is 33.0 Å². The topological polar surface area (TPSA) is 70.2 Å². The summed E-state index contributed by atoms with van der Waals surface area (Å²) in [5.74, 6) is 0. The molecular formula is C23H15N5S. The third kappa shape index (κ3) is 2.65. The van der Waals surface area contributed by atoms with Crippen LogP contribution in [0.2, 0.25) is 0 Å². The van der Waals surface area contributed by atoms with E-state index in [9.17, 15) is 0 Å². The van der Waals surface area contributed by atoms with Gasteiger partial charge in [-0.15, -0.1) is 11.3 Å². The van der Waals surface area contributed by atoms with Crippen molar-refractivity contribution < 1.29 is 0 Å². The van der Waals surface area contributed by atoms with E-state index in [1.54, 1.807) is 11.3 Å². The maximum atomic E-state index is 4.59. The number of H-pyrrole nitrogens is 2. The number of fused-ring (bicyclic) bond motifs is 2. The summed E-state index contributed by atoms with van der Waals surface area (Å²) in [6, 6.07) is 18.8. The smallest absolute Gasteiger partial charge is 0.138 e. The fourth-order valence-electron chi connectivity index (χ4n) is 3.74. The Morgan fingerprint density at radius 3 is 2.62 bits per heavy atom. The van der Waals surface area contributed by atoms with Gasteiger partial charge in [0.25, 0.3) is 0 Å². The minimum absolute atomic E-state index is 0.868. The molecule has 0 radical (unpaired) electrons. The Kier molecular flexibility index (Phi) is 3.57. The number of hydrogen-bond donors (Lipinski definition) is 2. The highest BCUT2D eigenvalue weighted by atomic mass is 32.1. The normalized spacial score (nSPS) is 11.4. The summed E-state index contributed by atoms with van der Waals surface area (Å²) < 4.78 is 0. The molecule has 0 saturated heterocycles. The zero-order valence-electron chi connectivity index (χ0n) is 15.3. The van der Waals surface area contributed by atoms with Crippen molar-refractivity contribution >= 4 is 33.3 Å². The Balaban J connectivity index is 1.53. The summed E-state index contributed by atoms with van der Waals surface area (Å²) in [4.78, 5) is 13.3. The van der Waals surface area contributed by atoms with Crippen LogP contribution in [0.5, 0.6) is 0 Å². The van der Waals surface area contributed by atoms with Gasteiger partial charge < -0.3 is 4.98 Å². The van der Waals surface area contributed by atoms with Crippen LogP contribution in [-0.2, 0) is 0 Å². The van der Waals surface area contributed by atoms with Gasteiger partial charge in [-0.1, -0.05) is 12.1 Å². The fraction of sp³-hybridized carbons (Fsp3) is 0. The molecule has 0 spiro atoms. The second-order valence-electron chi connectivity index (χ2n) is 6.85. The predicted octanol–water partition coefficient (Wildman–Crippen LogP) is 5.90. The minimum atomic E-state index is 0.868. The van der Waals surface area contributed by atoms with Gasteiger partial charge in [-0.05, 0) is 59.0 Å². The molecule has 1 aromatic carbocycles. The van der Waals surface area contributed by atoms with Crippen LogP contribution in [0, 0.1) is 0 Å². The molecule has 5 nitrogen and oxygen atoms in total. The van der Waals surface area contributed by atoms with E-state index in [4.69, 9.17) is 0 Å². The lowest BCUT2D eigenvalue weighted by atomic mass is 10.0. The Labute approximate surface area is 170 Å². The van der Waals surface area contributed by atoms with Crippen LogP contribution in [-0.4, -0.2) is 25.1 Å². The van der Waals surface area contributed by atoms with Gasteiger partial charge in [0, 0.05) is 39.8 Å². The lowest BCUT2D eigenvalue weighted by molar-refractivity contribution is 1.12. The van der Waals surface area contributed by atoms with Crippen LogP contribution in [0.15, 0.2) is 78.6 Å². The van der Waals surface area contributed by atoms with Crippen molar-refractivity contribution in [2.45, 2.75) is 0 Å². The lowest BCUT2D eigenvalue weighted by Crippen LogP contribution is -1.81. The zero-order valence-corrected chi connectivity index (χ0v) is 16.1. The molecule has 0 unspecified atom stereocenters. The van der Waals surface area contributed by atoms with Crippen LogP contribution in [0.25, 0.3) is 54.9 Å². The van der Waals surface area contributed by atoms with Gasteiger partial charge in [-0.3, -0.25) is 10.1 Å². The fourth-order valence-corrected chi connectivity index (χ4v) is 4.51. The van der Waals surface area contributed by atoms with Crippen LogP contribution in [0.1, 0.15) is 0 Å². The highest BCUT2D eigenvalue weighted by Crippen LogP contribution is 2.35. The van der Waals surface area contributed by atoms with E-state index in [0.29, 0.717) is 0 Å². The van der Waals surface area contributed by atoms with Crippen molar-refractivity contribution in [2.75, 3.05) is 0 Å². The first-order chi connectivity index (χ1) is 14.4. The van der Waals surface area contributed by atoms with Crippen molar-refractivity contribution in [1.29, 1.82) is 0 Å². The molecule has 0 fully saturated rings. The second kappa shape index (κ2) is 6.39. The van der Waals surface area contributed by atoms with Crippen molar-refractivity contribution in [3.63, 3.8) is 0 Å². The molecule has 0 amide bonds. The molecule has 29 heavy (non-hydrogen) atoms. The highest BCUT2D eigenvalue weighted by molar-refractivity contribution is 7.13. The lowest BCUT2D eigenvalue weighted by Gasteiger charge is -2.01. The van der Waals surface area contributed by atoms with Gasteiger partial charge in [-0.2, -0.15) is 5.10 Å². The summed E-state index contributed by atoms with van der Waals surface area (Å²) in [7, 11) is 0. The van der Waals surface area contributed by atoms with Gasteiger partial charge in [-0.25, -0.2) is 4.98 Å². The molecule has 6 aromatic rings. The SMILES string of the molecule is c1csc(-c2ccnc3[nH]c(-c4n[nH]c5ccc(-c6ccncc6)cc45)cc23)c1. The average molecular weight is 393 g/mol. The van der Waals surface area contributed by atoms with Gasteiger partial charge in [0.1, 0.15) is 11.3 Å². The van der Waals surface area contributed by atoms with Crippen molar-refractivity contribution in [1.82, 2.24) is 25.1 Å². The molecule has 0 aliphatic rings. The van der Waals surface area contributed by atoms with Crippen LogP contribution in [0.3, 0.4) is 0 Å². The van der Waals surface area contributed by atoms with Crippen LogP contribution < -0.4 is 0 Å². The second-order valence-corrected chi connectivity index (χ2v) is 7.80. The molecule has 6 rings (SSSR count). The zero-order chi connectivity index (χ0) is 19.2. The van der Waals surface area contributed by atoms with E-state index in [2.05, 4.69) is 73.0 Å². The van der Waals surface area contributed by atoms with E-state index in [1.807, 2.05) is 30.7 Å². The molecule has 5 heterocycles. The first kappa shape index (κ1) is 16.2. The minimum Gasteiger partial charge on any atom is -0.338 e. The summed E-state index contributed by atoms with van der Waals surface area (Å²) in [6.07, 6.45) is 5.47. The Morgan fingerprint density at radius 1 is 0.828 bits per heavy atom. The summed E-state index contributed by atoms with van der Waals surface area (Å²) in [5.41, 5.74) is 7.17. The number of aromatic nitrogens is 5. The number of thiophene rings is 1. The molecule has 0 atom stereocenters. The molecule has 0 aliphatic heterocycles. The number of nitrogens with one attached hydrogen (secondary N) is 2. The van der Waals surface area contributed by atoms with Gasteiger partial charge in [0.05, 0.1) is 11.2 Å². The summed E-state index contributed by atoms with van der Waals surface area (Å²) in [5, 5.41) is 12.0. The average Bonchev–Trinajstić information content (AvgIpc) is 3.52. The molecule has 2 N–H and O–H groups in total. The maximum absolute atomic E-state index is 4.59. The third-order valence-electron chi connectivity index (χ3n) is 5.15. The van der Waals surface area contributed by atoms with E-state index < -0.39 is 0 Å². The molecule has 0 aliphatic carbocycles. The highest BCUT2D eigenvalue weighted by Gasteiger charge is 2.15. The predicted molar refractivity (Wildman–Crippen MR) is 118 cm³/mol. The van der Waals surface area contributed by atoms with Gasteiger partial charge in [0.2, 0.25) is 0 Å². The first-order valence-electron chi connectivity index (χ1n) is 9.27. The van der Waals surface area contributed by atoms with E-state index in [1.165, 1.54) is 10.4 Å². The number of pyridine rings is 2. The molecule has 0 saturated carbocycles. The monoisotopic (exact) mass is 393 g/mol. The summed E-state index contributed by atoms with van der Waals surface area (Å²) >= 11 is 1.73. The van der Waals surface area contributed by atoms with Crippen LogP contribution >= 0.6 is 11.3 Å². The van der Waals surface area contributed by atoms with E-state index in [-0.39, 0.29) is 0 Å². The maximum Gasteiger partial charge on any atom is 0.138 e. The quantitative estimate of drug-likeness (QED) is 0.393. The van der Waals surface area contributed by atoms with Crippen LogP contribution in [0.4, 0.5) is 0 Å². The number of nitrogens with zero attached hydrogens (tertiary/aromatic N) is 3. The number of aromatic amines is 2. The molecular weight excluding hydrogens is 378 g/mol. The number of hydrogen-bond acceptors (Lipinski definition) is 4. The largest absolute Gasteiger partial charge is 0.338 e. The molecule has 0 bridgehead atoms. The van der Waals surface area contributed by atoms with E-state index in [0.717, 1.165) is 44.5 Å². The Bertz CT molecular complexity index is 1450. The Morgan fingerprint density at radius 2 is 1.76 bits per heavy atom. The number of benzene rings is 1. The van der Waals surface area contributed by atoms with Gasteiger partial charge in [0.15, 0.2) is 0 Å². The standard InChI is InChI=1S/C23H15N5S/c1-2-21(29-11-1)16-7-10-25-23-17(16)13-20(26-23)22-18-12-15(3-4-19(18)27-28-22)14-5-8-24-9-6-14/h1-13H,(H,25,26)(H,27,28). The Hall–Kier alpha value is -3.77. The van der Waals surface area contributed by atoms with Crippen molar-refractivity contribution in [3.05, 3.63) is 78.6 Å². The summed E-state index contributed by atoms with van der Waals surface area (Å²) in [6.45, 7) is 0.